The quantitative estimate of drug-likeness (QED) is 0.150. The molecule has 0 aliphatic rings. The minimum absolute atomic E-state index is 1.09. The molecule has 1 heterocycles. The third kappa shape index (κ3) is 6.14. The second-order valence-electron chi connectivity index (χ2n) is 15.3. The third-order valence-electron chi connectivity index (χ3n) is 11.8. The first-order valence-electron chi connectivity index (χ1n) is 20.6. The molecule has 0 saturated heterocycles. The van der Waals surface area contributed by atoms with Gasteiger partial charge in [0.25, 0.3) is 0 Å². The summed E-state index contributed by atoms with van der Waals surface area (Å²) in [6.45, 7) is 0. The first-order valence-corrected chi connectivity index (χ1v) is 20.6. The summed E-state index contributed by atoms with van der Waals surface area (Å²) < 4.78 is 2.42. The van der Waals surface area contributed by atoms with E-state index in [1.807, 2.05) is 0 Å². The molecule has 60 heavy (non-hydrogen) atoms. The molecule has 1 aromatic heterocycles. The second kappa shape index (κ2) is 15.1. The topological polar surface area (TPSA) is 8.17 Å². The molecule has 0 radical (unpaired) electrons. The van der Waals surface area contributed by atoms with Gasteiger partial charge < -0.3 is 9.47 Å². The van der Waals surface area contributed by atoms with E-state index in [9.17, 15) is 0 Å². The largest absolute Gasteiger partial charge is 0.310 e. The Balaban J connectivity index is 1.09. The van der Waals surface area contributed by atoms with E-state index in [1.165, 1.54) is 60.4 Å². The maximum absolute atomic E-state index is 2.42. The Kier molecular flexibility index (Phi) is 8.87. The highest BCUT2D eigenvalue weighted by molar-refractivity contribution is 6.10. The van der Waals surface area contributed by atoms with Crippen LogP contribution in [-0.4, -0.2) is 4.57 Å². The monoisotopic (exact) mass is 764 g/mol. The van der Waals surface area contributed by atoms with Gasteiger partial charge in [-0.1, -0.05) is 188 Å². The van der Waals surface area contributed by atoms with Crippen molar-refractivity contribution in [3.8, 4) is 50.2 Å². The molecule has 2 nitrogen and oxygen atoms in total. The number of benzene rings is 10. The summed E-state index contributed by atoms with van der Waals surface area (Å²) in [6.07, 6.45) is 0. The Morgan fingerprint density at radius 2 is 0.733 bits per heavy atom. The minimum atomic E-state index is 1.09. The summed E-state index contributed by atoms with van der Waals surface area (Å²) in [5, 5.41) is 4.99. The molecule has 282 valence electrons. The van der Waals surface area contributed by atoms with Crippen LogP contribution in [-0.2, 0) is 0 Å². The minimum Gasteiger partial charge on any atom is -0.310 e. The molecule has 0 spiro atoms. The van der Waals surface area contributed by atoms with Crippen LogP contribution in [0.25, 0.3) is 82.8 Å². The van der Waals surface area contributed by atoms with E-state index >= 15 is 0 Å². The van der Waals surface area contributed by atoms with Crippen molar-refractivity contribution >= 4 is 49.6 Å². The van der Waals surface area contributed by atoms with E-state index in [4.69, 9.17) is 0 Å². The fourth-order valence-corrected chi connectivity index (χ4v) is 9.08. The molecule has 0 aliphatic carbocycles. The summed E-state index contributed by atoms with van der Waals surface area (Å²) in [4.78, 5) is 2.41. The average molecular weight is 765 g/mol. The van der Waals surface area contributed by atoms with Crippen LogP contribution in [0.1, 0.15) is 0 Å². The van der Waals surface area contributed by atoms with Crippen LogP contribution < -0.4 is 4.90 Å². The van der Waals surface area contributed by atoms with E-state index in [0.29, 0.717) is 0 Å². The lowest BCUT2D eigenvalue weighted by Crippen LogP contribution is -2.11. The summed E-state index contributed by atoms with van der Waals surface area (Å²) in [5.41, 5.74) is 16.3. The Bertz CT molecular complexity index is 3260. The molecule has 0 amide bonds. The fourth-order valence-electron chi connectivity index (χ4n) is 9.08. The molecule has 11 rings (SSSR count). The van der Waals surface area contributed by atoms with Crippen LogP contribution in [0.5, 0.6) is 0 Å². The van der Waals surface area contributed by atoms with E-state index in [-0.39, 0.29) is 0 Å². The number of para-hydroxylation sites is 4. The standard InChI is InChI=1S/C58H40N2/c1-4-19-41(20-5-1)47-36-37-48(51-29-11-10-28-50(47)51)43-23-18-26-46(39-43)59(45-24-8-3-9-25-45)58-38-35-44(40-54(58)42-21-6-2-7-22-42)49-27-12-15-32-55(49)60-56-33-16-13-30-52(56)53-31-14-17-34-57(53)60/h1-40H. The average Bonchev–Trinajstić information content (AvgIpc) is 3.67. The zero-order valence-electron chi connectivity index (χ0n) is 33.0. The first-order chi connectivity index (χ1) is 29.8. The number of fused-ring (bicyclic) bond motifs is 4. The van der Waals surface area contributed by atoms with E-state index in [2.05, 4.69) is 252 Å². The maximum atomic E-state index is 2.42. The molecule has 0 unspecified atom stereocenters. The van der Waals surface area contributed by atoms with Crippen LogP contribution in [0.3, 0.4) is 0 Å². The molecule has 0 aliphatic heterocycles. The summed E-state index contributed by atoms with van der Waals surface area (Å²) in [7, 11) is 0. The zero-order chi connectivity index (χ0) is 39.8. The molecule has 11 aromatic rings. The normalized spacial score (nSPS) is 11.3. The van der Waals surface area contributed by atoms with Crippen molar-refractivity contribution in [2.24, 2.45) is 0 Å². The highest BCUT2D eigenvalue weighted by Gasteiger charge is 2.21. The van der Waals surface area contributed by atoms with Crippen LogP contribution in [0.2, 0.25) is 0 Å². The molecule has 10 aromatic carbocycles. The summed E-state index contributed by atoms with van der Waals surface area (Å²) >= 11 is 0. The molecule has 0 fully saturated rings. The van der Waals surface area contributed by atoms with Crippen molar-refractivity contribution in [2.75, 3.05) is 4.90 Å². The number of hydrogen-bond donors (Lipinski definition) is 0. The van der Waals surface area contributed by atoms with Crippen molar-refractivity contribution in [1.82, 2.24) is 4.57 Å². The first kappa shape index (κ1) is 35.2. The fraction of sp³-hybridized carbons (Fsp3) is 0. The van der Waals surface area contributed by atoms with Gasteiger partial charge >= 0.3 is 0 Å². The van der Waals surface area contributed by atoms with Gasteiger partial charge in [-0.3, -0.25) is 0 Å². The number of anilines is 3. The maximum Gasteiger partial charge on any atom is 0.0541 e. The van der Waals surface area contributed by atoms with Gasteiger partial charge in [-0.25, -0.2) is 0 Å². The van der Waals surface area contributed by atoms with Crippen molar-refractivity contribution in [2.45, 2.75) is 0 Å². The van der Waals surface area contributed by atoms with Gasteiger partial charge in [-0.2, -0.15) is 0 Å². The molecular weight excluding hydrogens is 725 g/mol. The highest BCUT2D eigenvalue weighted by atomic mass is 15.1. The third-order valence-corrected chi connectivity index (χ3v) is 11.8. The van der Waals surface area contributed by atoms with Gasteiger partial charge in [-0.15, -0.1) is 0 Å². The molecule has 2 heteroatoms. The SMILES string of the molecule is c1ccc(-c2cc(-c3ccccc3-n3c4ccccc4c4ccccc43)ccc2N(c2ccccc2)c2cccc(-c3ccc(-c4ccccc4)c4ccccc34)c2)cc1. The van der Waals surface area contributed by atoms with Gasteiger partial charge in [0.1, 0.15) is 0 Å². The number of hydrogen-bond acceptors (Lipinski definition) is 1. The Morgan fingerprint density at radius 3 is 1.38 bits per heavy atom. The molecule has 0 bridgehead atoms. The smallest absolute Gasteiger partial charge is 0.0541 e. The van der Waals surface area contributed by atoms with Crippen LogP contribution in [0.4, 0.5) is 17.1 Å². The van der Waals surface area contributed by atoms with Gasteiger partial charge in [0.2, 0.25) is 0 Å². The van der Waals surface area contributed by atoms with Crippen molar-refractivity contribution in [3.63, 3.8) is 0 Å². The lowest BCUT2D eigenvalue weighted by atomic mass is 9.92. The van der Waals surface area contributed by atoms with E-state index < -0.39 is 0 Å². The number of aromatic nitrogens is 1. The zero-order valence-corrected chi connectivity index (χ0v) is 33.0. The van der Waals surface area contributed by atoms with Crippen molar-refractivity contribution in [1.29, 1.82) is 0 Å². The highest BCUT2D eigenvalue weighted by Crippen LogP contribution is 2.45. The van der Waals surface area contributed by atoms with Crippen LogP contribution in [0, 0.1) is 0 Å². The predicted molar refractivity (Wildman–Crippen MR) is 255 cm³/mol. The summed E-state index contributed by atoms with van der Waals surface area (Å²) in [5.74, 6) is 0. The van der Waals surface area contributed by atoms with Gasteiger partial charge in [0.15, 0.2) is 0 Å². The number of nitrogens with zero attached hydrogens (tertiary/aromatic N) is 2. The number of rotatable bonds is 8. The lowest BCUT2D eigenvalue weighted by Gasteiger charge is -2.29. The Labute approximate surface area is 350 Å². The molecule has 0 saturated carbocycles. The van der Waals surface area contributed by atoms with Crippen LogP contribution >= 0.6 is 0 Å². The van der Waals surface area contributed by atoms with Gasteiger partial charge in [0.05, 0.1) is 22.4 Å². The van der Waals surface area contributed by atoms with Crippen LogP contribution in [0.15, 0.2) is 243 Å². The molecule has 0 atom stereocenters. The second-order valence-corrected chi connectivity index (χ2v) is 15.3. The lowest BCUT2D eigenvalue weighted by molar-refractivity contribution is 1.18. The van der Waals surface area contributed by atoms with E-state index in [0.717, 1.165) is 39.4 Å². The van der Waals surface area contributed by atoms with Gasteiger partial charge in [-0.05, 0) is 98.8 Å². The Morgan fingerprint density at radius 1 is 0.267 bits per heavy atom. The summed E-state index contributed by atoms with van der Waals surface area (Å²) in [6, 6.07) is 87.9. The van der Waals surface area contributed by atoms with Crippen molar-refractivity contribution in [3.05, 3.63) is 243 Å². The van der Waals surface area contributed by atoms with E-state index in [1.54, 1.807) is 0 Å². The van der Waals surface area contributed by atoms with Gasteiger partial charge in [0, 0.05) is 33.3 Å². The molecular formula is C58H40N2. The molecule has 0 N–H and O–H groups in total. The predicted octanol–water partition coefficient (Wildman–Crippen LogP) is 16.1. The van der Waals surface area contributed by atoms with Crippen molar-refractivity contribution < 1.29 is 0 Å². The Hall–Kier alpha value is -7.94.